The third kappa shape index (κ3) is 4.06. The molecule has 9 heteroatoms. The largest absolute Gasteiger partial charge is 0.366 e. The van der Waals surface area contributed by atoms with E-state index in [0.717, 1.165) is 9.87 Å². The Kier molecular flexibility index (Phi) is 5.67. The van der Waals surface area contributed by atoms with Gasteiger partial charge in [-0.25, -0.2) is 12.8 Å². The average Bonchev–Trinajstić information content (AvgIpc) is 2.79. The van der Waals surface area contributed by atoms with E-state index >= 15 is 0 Å². The van der Waals surface area contributed by atoms with Gasteiger partial charge in [-0.2, -0.15) is 0 Å². The second-order valence-corrected chi connectivity index (χ2v) is 9.19. The van der Waals surface area contributed by atoms with Crippen LogP contribution in [0.3, 0.4) is 0 Å². The first-order valence-electron chi connectivity index (χ1n) is 9.86. The van der Waals surface area contributed by atoms with Crippen molar-refractivity contribution in [2.75, 3.05) is 9.62 Å². The zero-order valence-electron chi connectivity index (χ0n) is 16.9. The van der Waals surface area contributed by atoms with E-state index in [0.29, 0.717) is 17.8 Å². The second kappa shape index (κ2) is 8.43. The van der Waals surface area contributed by atoms with Crippen LogP contribution in [0.5, 0.6) is 0 Å². The normalized spacial score (nSPS) is 15.7. The summed E-state index contributed by atoms with van der Waals surface area (Å²) in [4.78, 5) is 24.6. The molecule has 3 aromatic carbocycles. The molecule has 3 aromatic rings. The molecule has 1 atom stereocenters. The van der Waals surface area contributed by atoms with Gasteiger partial charge in [0, 0.05) is 11.3 Å². The van der Waals surface area contributed by atoms with Crippen LogP contribution in [0.2, 0.25) is 0 Å². The number of hydrogen-bond acceptors (Lipinski definition) is 4. The number of anilines is 2. The monoisotopic (exact) mass is 453 g/mol. The van der Waals surface area contributed by atoms with Gasteiger partial charge in [0.05, 0.1) is 10.6 Å². The van der Waals surface area contributed by atoms with Crippen LogP contribution in [0.1, 0.15) is 22.3 Å². The van der Waals surface area contributed by atoms with Gasteiger partial charge >= 0.3 is 0 Å². The number of benzene rings is 3. The van der Waals surface area contributed by atoms with Gasteiger partial charge in [0.15, 0.2) is 0 Å². The van der Waals surface area contributed by atoms with Gasteiger partial charge in [-0.3, -0.25) is 13.9 Å². The number of primary amides is 1. The fraction of sp³-hybridized carbons (Fsp3) is 0.130. The third-order valence-corrected chi connectivity index (χ3v) is 7.11. The van der Waals surface area contributed by atoms with Crippen LogP contribution in [0.25, 0.3) is 0 Å². The molecule has 2 amide bonds. The molecule has 1 aliphatic rings. The lowest BCUT2D eigenvalue weighted by molar-refractivity contribution is -0.117. The van der Waals surface area contributed by atoms with Crippen molar-refractivity contribution in [3.63, 3.8) is 0 Å². The molecule has 3 N–H and O–H groups in total. The molecule has 32 heavy (non-hydrogen) atoms. The molecular formula is C23H20FN3O4S. The average molecular weight is 453 g/mol. The van der Waals surface area contributed by atoms with Crippen molar-refractivity contribution in [1.29, 1.82) is 0 Å². The minimum absolute atomic E-state index is 0.0451. The van der Waals surface area contributed by atoms with Crippen LogP contribution in [0.4, 0.5) is 15.8 Å². The quantitative estimate of drug-likeness (QED) is 0.619. The SMILES string of the molecule is NC(=O)c1cccc(S(=O)(=O)N2c3ccccc3CCC2C(=O)Nc2ccc(F)cc2)c1. The van der Waals surface area contributed by atoms with Crippen molar-refractivity contribution in [2.45, 2.75) is 23.8 Å². The molecular weight excluding hydrogens is 433 g/mol. The molecule has 0 aliphatic carbocycles. The maximum absolute atomic E-state index is 13.7. The summed E-state index contributed by atoms with van der Waals surface area (Å²) in [5.41, 5.74) is 6.89. The molecule has 7 nitrogen and oxygen atoms in total. The number of hydrogen-bond donors (Lipinski definition) is 2. The van der Waals surface area contributed by atoms with Crippen LogP contribution >= 0.6 is 0 Å². The predicted molar refractivity (Wildman–Crippen MR) is 118 cm³/mol. The zero-order chi connectivity index (χ0) is 22.9. The molecule has 0 spiro atoms. The van der Waals surface area contributed by atoms with Crippen LogP contribution in [0, 0.1) is 5.82 Å². The summed E-state index contributed by atoms with van der Waals surface area (Å²) in [7, 11) is -4.22. The number of para-hydroxylation sites is 1. The lowest BCUT2D eigenvalue weighted by Crippen LogP contribution is -2.50. The summed E-state index contributed by atoms with van der Waals surface area (Å²) in [6, 6.07) is 16.5. The lowest BCUT2D eigenvalue weighted by atomic mass is 9.97. The van der Waals surface area contributed by atoms with E-state index in [-0.39, 0.29) is 16.9 Å². The van der Waals surface area contributed by atoms with Gasteiger partial charge in [-0.05, 0) is 66.9 Å². The Balaban J connectivity index is 1.77. The number of halogens is 1. The van der Waals surface area contributed by atoms with Crippen molar-refractivity contribution in [3.8, 4) is 0 Å². The summed E-state index contributed by atoms with van der Waals surface area (Å²) in [6.07, 6.45) is 0.754. The summed E-state index contributed by atoms with van der Waals surface area (Å²) in [5.74, 6) is -1.75. The van der Waals surface area contributed by atoms with E-state index in [1.54, 1.807) is 18.2 Å². The number of nitrogens with two attached hydrogens (primary N) is 1. The highest BCUT2D eigenvalue weighted by Crippen LogP contribution is 2.36. The molecule has 0 saturated heterocycles. The second-order valence-electron chi connectivity index (χ2n) is 7.37. The van der Waals surface area contributed by atoms with E-state index in [1.165, 1.54) is 48.5 Å². The Morgan fingerprint density at radius 2 is 1.72 bits per heavy atom. The smallest absolute Gasteiger partial charge is 0.265 e. The van der Waals surface area contributed by atoms with Gasteiger partial charge in [0.25, 0.3) is 10.0 Å². The van der Waals surface area contributed by atoms with Gasteiger partial charge in [-0.15, -0.1) is 0 Å². The topological polar surface area (TPSA) is 110 Å². The number of nitrogens with zero attached hydrogens (tertiary/aromatic N) is 1. The van der Waals surface area contributed by atoms with Crippen LogP contribution < -0.4 is 15.4 Å². The molecule has 1 aliphatic heterocycles. The Hall–Kier alpha value is -3.72. The van der Waals surface area contributed by atoms with E-state index in [1.807, 2.05) is 6.07 Å². The Bertz CT molecular complexity index is 1290. The van der Waals surface area contributed by atoms with Crippen molar-refractivity contribution < 1.29 is 22.4 Å². The number of carbonyl (C=O) groups excluding carboxylic acids is 2. The van der Waals surface area contributed by atoms with Crippen LogP contribution in [0.15, 0.2) is 77.7 Å². The fourth-order valence-corrected chi connectivity index (χ4v) is 5.46. The van der Waals surface area contributed by atoms with E-state index in [9.17, 15) is 22.4 Å². The third-order valence-electron chi connectivity index (χ3n) is 5.29. The fourth-order valence-electron chi connectivity index (χ4n) is 3.73. The molecule has 0 radical (unpaired) electrons. The van der Waals surface area contributed by atoms with Crippen molar-refractivity contribution in [2.24, 2.45) is 5.73 Å². The van der Waals surface area contributed by atoms with Crippen molar-refractivity contribution in [3.05, 3.63) is 89.7 Å². The minimum atomic E-state index is -4.22. The van der Waals surface area contributed by atoms with Crippen molar-refractivity contribution >= 4 is 33.2 Å². The van der Waals surface area contributed by atoms with Crippen LogP contribution in [-0.2, 0) is 21.2 Å². The number of carbonyl (C=O) groups is 2. The summed E-state index contributed by atoms with van der Waals surface area (Å²) in [5, 5.41) is 2.67. The molecule has 4 rings (SSSR count). The Labute approximate surface area is 184 Å². The number of rotatable bonds is 5. The summed E-state index contributed by atoms with van der Waals surface area (Å²) < 4.78 is 41.7. The van der Waals surface area contributed by atoms with Crippen LogP contribution in [-0.4, -0.2) is 26.3 Å². The predicted octanol–water partition coefficient (Wildman–Crippen LogP) is 3.07. The van der Waals surface area contributed by atoms with Gasteiger partial charge in [-0.1, -0.05) is 24.3 Å². The molecule has 0 aromatic heterocycles. The lowest BCUT2D eigenvalue weighted by Gasteiger charge is -2.37. The molecule has 0 bridgehead atoms. The van der Waals surface area contributed by atoms with Crippen molar-refractivity contribution in [1.82, 2.24) is 0 Å². The number of amides is 2. The maximum atomic E-state index is 13.7. The number of nitrogens with one attached hydrogen (secondary N) is 1. The van der Waals surface area contributed by atoms with E-state index in [4.69, 9.17) is 5.73 Å². The first kappa shape index (κ1) is 21.5. The molecule has 1 heterocycles. The maximum Gasteiger partial charge on any atom is 0.265 e. The molecule has 0 fully saturated rings. The molecule has 164 valence electrons. The van der Waals surface area contributed by atoms with Gasteiger partial charge in [0.1, 0.15) is 11.9 Å². The highest BCUT2D eigenvalue weighted by molar-refractivity contribution is 7.93. The number of sulfonamides is 1. The van der Waals surface area contributed by atoms with E-state index < -0.39 is 33.7 Å². The minimum Gasteiger partial charge on any atom is -0.366 e. The molecule has 0 saturated carbocycles. The standard InChI is InChI=1S/C23H20FN3O4S/c24-17-9-11-18(12-10-17)26-23(29)21-13-8-15-4-1-2-7-20(15)27(21)32(30,31)19-6-3-5-16(14-19)22(25)28/h1-7,9-12,14,21H,8,13H2,(H2,25,28)(H,26,29). The Morgan fingerprint density at radius 3 is 2.44 bits per heavy atom. The first-order chi connectivity index (χ1) is 15.3. The number of aryl methyl sites for hydroxylation is 1. The summed E-state index contributed by atoms with van der Waals surface area (Å²) in [6.45, 7) is 0. The zero-order valence-corrected chi connectivity index (χ0v) is 17.7. The summed E-state index contributed by atoms with van der Waals surface area (Å²) >= 11 is 0. The highest BCUT2D eigenvalue weighted by atomic mass is 32.2. The van der Waals surface area contributed by atoms with Gasteiger partial charge < -0.3 is 11.1 Å². The molecule has 1 unspecified atom stereocenters. The Morgan fingerprint density at radius 1 is 1.00 bits per heavy atom. The first-order valence-corrected chi connectivity index (χ1v) is 11.3. The van der Waals surface area contributed by atoms with Gasteiger partial charge in [0.2, 0.25) is 11.8 Å². The number of fused-ring (bicyclic) bond motifs is 1. The highest BCUT2D eigenvalue weighted by Gasteiger charge is 2.40. The van der Waals surface area contributed by atoms with E-state index in [2.05, 4.69) is 5.32 Å².